The second-order valence-corrected chi connectivity index (χ2v) is 3.41. The highest BCUT2D eigenvalue weighted by Gasteiger charge is 2.04. The molecule has 0 aromatic heterocycles. The van der Waals surface area contributed by atoms with E-state index in [1.54, 1.807) is 19.1 Å². The minimum absolute atomic E-state index is 0.0900. The van der Waals surface area contributed by atoms with E-state index in [4.69, 9.17) is 21.1 Å². The van der Waals surface area contributed by atoms with E-state index >= 15 is 0 Å². The van der Waals surface area contributed by atoms with E-state index in [9.17, 15) is 4.79 Å². The molecular weight excluding hydrogens is 216 g/mol. The van der Waals surface area contributed by atoms with Crippen molar-refractivity contribution in [2.45, 2.75) is 13.8 Å². The first-order valence-corrected chi connectivity index (χ1v) is 5.06. The standard InChI is InChI=1S/C11H13ClO3/c1-3-14-11(13)7-15-9-5-4-8(2)10(12)6-9/h4-6H,3,7H2,1-2H3. The average molecular weight is 229 g/mol. The first kappa shape index (κ1) is 11.9. The summed E-state index contributed by atoms with van der Waals surface area (Å²) in [6, 6.07) is 5.28. The van der Waals surface area contributed by atoms with Crippen LogP contribution in [0.4, 0.5) is 0 Å². The van der Waals surface area contributed by atoms with Crippen LogP contribution in [-0.2, 0) is 9.53 Å². The zero-order valence-corrected chi connectivity index (χ0v) is 9.50. The Balaban J connectivity index is 2.51. The highest BCUT2D eigenvalue weighted by Crippen LogP contribution is 2.21. The van der Waals surface area contributed by atoms with Crippen LogP contribution in [0.25, 0.3) is 0 Å². The SMILES string of the molecule is CCOC(=O)COc1ccc(C)c(Cl)c1. The first-order chi connectivity index (χ1) is 7.13. The van der Waals surface area contributed by atoms with Gasteiger partial charge >= 0.3 is 5.97 Å². The highest BCUT2D eigenvalue weighted by molar-refractivity contribution is 6.31. The van der Waals surface area contributed by atoms with E-state index in [-0.39, 0.29) is 12.6 Å². The molecule has 15 heavy (non-hydrogen) atoms. The van der Waals surface area contributed by atoms with Crippen molar-refractivity contribution in [1.29, 1.82) is 0 Å². The summed E-state index contributed by atoms with van der Waals surface area (Å²) in [5.74, 6) is 0.188. The minimum atomic E-state index is -0.380. The molecule has 0 bridgehead atoms. The quantitative estimate of drug-likeness (QED) is 0.743. The maximum atomic E-state index is 11.0. The topological polar surface area (TPSA) is 35.5 Å². The van der Waals surface area contributed by atoms with Gasteiger partial charge in [-0.1, -0.05) is 17.7 Å². The molecule has 0 atom stereocenters. The van der Waals surface area contributed by atoms with Gasteiger partial charge in [-0.2, -0.15) is 0 Å². The van der Waals surface area contributed by atoms with Crippen LogP contribution in [0.5, 0.6) is 5.75 Å². The predicted octanol–water partition coefficient (Wildman–Crippen LogP) is 2.59. The lowest BCUT2D eigenvalue weighted by Gasteiger charge is -2.06. The number of benzene rings is 1. The number of ether oxygens (including phenoxy) is 2. The van der Waals surface area contributed by atoms with E-state index in [1.807, 2.05) is 13.0 Å². The van der Waals surface area contributed by atoms with Gasteiger partial charge in [-0.05, 0) is 31.5 Å². The predicted molar refractivity (Wildman–Crippen MR) is 58.3 cm³/mol. The van der Waals surface area contributed by atoms with E-state index in [0.29, 0.717) is 17.4 Å². The Morgan fingerprint density at radius 1 is 1.47 bits per heavy atom. The van der Waals surface area contributed by atoms with Gasteiger partial charge in [0.25, 0.3) is 0 Å². The van der Waals surface area contributed by atoms with Crippen LogP contribution in [0.15, 0.2) is 18.2 Å². The van der Waals surface area contributed by atoms with E-state index in [2.05, 4.69) is 0 Å². The van der Waals surface area contributed by atoms with Crippen molar-refractivity contribution in [3.05, 3.63) is 28.8 Å². The van der Waals surface area contributed by atoms with E-state index < -0.39 is 0 Å². The Kier molecular flexibility index (Phi) is 4.43. The molecule has 0 saturated heterocycles. The molecule has 0 spiro atoms. The van der Waals surface area contributed by atoms with Gasteiger partial charge in [-0.15, -0.1) is 0 Å². The lowest BCUT2D eigenvalue weighted by molar-refractivity contribution is -0.145. The summed E-state index contributed by atoms with van der Waals surface area (Å²) in [5, 5.41) is 0.622. The van der Waals surface area contributed by atoms with Gasteiger partial charge < -0.3 is 9.47 Å². The van der Waals surface area contributed by atoms with Gasteiger partial charge in [0.15, 0.2) is 6.61 Å². The molecule has 82 valence electrons. The number of carbonyl (C=O) groups excluding carboxylic acids is 1. The van der Waals surface area contributed by atoms with Gasteiger partial charge in [0.05, 0.1) is 6.61 Å². The van der Waals surface area contributed by atoms with E-state index in [1.165, 1.54) is 0 Å². The molecule has 0 fully saturated rings. The molecule has 0 unspecified atom stereocenters. The van der Waals surface area contributed by atoms with Gasteiger partial charge in [0.1, 0.15) is 5.75 Å². The number of halogens is 1. The highest BCUT2D eigenvalue weighted by atomic mass is 35.5. The Morgan fingerprint density at radius 3 is 2.80 bits per heavy atom. The van der Waals surface area contributed by atoms with Gasteiger partial charge in [0, 0.05) is 5.02 Å². The molecule has 0 radical (unpaired) electrons. The molecule has 1 aromatic rings. The Hall–Kier alpha value is -1.22. The molecule has 3 nitrogen and oxygen atoms in total. The molecule has 0 amide bonds. The number of rotatable bonds is 4. The summed E-state index contributed by atoms with van der Waals surface area (Å²) in [6.45, 7) is 3.92. The molecule has 0 aliphatic heterocycles. The maximum Gasteiger partial charge on any atom is 0.344 e. The Labute approximate surface area is 93.9 Å². The van der Waals surface area contributed by atoms with Crippen molar-refractivity contribution in [2.75, 3.05) is 13.2 Å². The van der Waals surface area contributed by atoms with E-state index in [0.717, 1.165) is 5.56 Å². The fourth-order valence-electron chi connectivity index (χ4n) is 1.01. The Morgan fingerprint density at radius 2 is 2.20 bits per heavy atom. The Bertz CT molecular complexity index is 350. The van der Waals surface area contributed by atoms with Crippen LogP contribution in [0.1, 0.15) is 12.5 Å². The fraction of sp³-hybridized carbons (Fsp3) is 0.364. The number of hydrogen-bond acceptors (Lipinski definition) is 3. The van der Waals surface area contributed by atoms with Crippen LogP contribution in [-0.4, -0.2) is 19.2 Å². The molecule has 0 N–H and O–H groups in total. The second-order valence-electron chi connectivity index (χ2n) is 3.00. The summed E-state index contributed by atoms with van der Waals surface area (Å²) in [5.41, 5.74) is 0.972. The lowest BCUT2D eigenvalue weighted by atomic mass is 10.2. The summed E-state index contributed by atoms with van der Waals surface area (Å²) < 4.78 is 9.92. The van der Waals surface area contributed by atoms with Crippen molar-refractivity contribution in [3.8, 4) is 5.75 Å². The van der Waals surface area contributed by atoms with Crippen LogP contribution in [0.2, 0.25) is 5.02 Å². The summed E-state index contributed by atoms with van der Waals surface area (Å²) >= 11 is 5.89. The molecule has 1 rings (SSSR count). The summed E-state index contributed by atoms with van der Waals surface area (Å²) in [7, 11) is 0. The van der Waals surface area contributed by atoms with Gasteiger partial charge in [-0.3, -0.25) is 0 Å². The third-order valence-corrected chi connectivity index (χ3v) is 2.21. The van der Waals surface area contributed by atoms with Crippen molar-refractivity contribution in [2.24, 2.45) is 0 Å². The van der Waals surface area contributed by atoms with Crippen LogP contribution < -0.4 is 4.74 Å². The van der Waals surface area contributed by atoms with Crippen molar-refractivity contribution >= 4 is 17.6 Å². The van der Waals surface area contributed by atoms with Gasteiger partial charge in [-0.25, -0.2) is 4.79 Å². The molecule has 0 saturated carbocycles. The number of hydrogen-bond donors (Lipinski definition) is 0. The van der Waals surface area contributed by atoms with Crippen LogP contribution in [0, 0.1) is 6.92 Å². The lowest BCUT2D eigenvalue weighted by Crippen LogP contribution is -2.14. The smallest absolute Gasteiger partial charge is 0.344 e. The third kappa shape index (κ3) is 3.80. The van der Waals surface area contributed by atoms with Crippen LogP contribution >= 0.6 is 11.6 Å². The maximum absolute atomic E-state index is 11.0. The summed E-state index contributed by atoms with van der Waals surface area (Å²) in [4.78, 5) is 11.0. The fourth-order valence-corrected chi connectivity index (χ4v) is 1.18. The van der Waals surface area contributed by atoms with Gasteiger partial charge in [0.2, 0.25) is 0 Å². The summed E-state index contributed by atoms with van der Waals surface area (Å²) in [6.07, 6.45) is 0. The second kappa shape index (κ2) is 5.61. The monoisotopic (exact) mass is 228 g/mol. The third-order valence-electron chi connectivity index (χ3n) is 1.81. The molecule has 4 heteroatoms. The molecular formula is C11H13ClO3. The molecule has 0 aliphatic rings. The number of aryl methyl sites for hydroxylation is 1. The first-order valence-electron chi connectivity index (χ1n) is 4.68. The van der Waals surface area contributed by atoms with Crippen molar-refractivity contribution < 1.29 is 14.3 Å². The van der Waals surface area contributed by atoms with Crippen molar-refractivity contribution in [1.82, 2.24) is 0 Å². The zero-order chi connectivity index (χ0) is 11.3. The number of carbonyl (C=O) groups is 1. The van der Waals surface area contributed by atoms with Crippen molar-refractivity contribution in [3.63, 3.8) is 0 Å². The number of esters is 1. The largest absolute Gasteiger partial charge is 0.482 e. The van der Waals surface area contributed by atoms with Crippen LogP contribution in [0.3, 0.4) is 0 Å². The molecule has 1 aromatic carbocycles. The normalized spacial score (nSPS) is 9.80. The molecule has 0 aliphatic carbocycles. The zero-order valence-electron chi connectivity index (χ0n) is 8.75. The average Bonchev–Trinajstić information content (AvgIpc) is 2.20. The molecule has 0 heterocycles. The minimum Gasteiger partial charge on any atom is -0.482 e.